The third-order valence-corrected chi connectivity index (χ3v) is 5.34. The van der Waals surface area contributed by atoms with Crippen LogP contribution in [0, 0.1) is 0 Å². The maximum Gasteiger partial charge on any atom is 0.256 e. The molecule has 0 aliphatic carbocycles. The molecule has 5 nitrogen and oxygen atoms in total. The summed E-state index contributed by atoms with van der Waals surface area (Å²) in [6.45, 7) is 4.13. The summed E-state index contributed by atoms with van der Waals surface area (Å²) in [5, 5.41) is 8.98. The fraction of sp³-hybridized carbons (Fsp3) is 0.333. The summed E-state index contributed by atoms with van der Waals surface area (Å²) >= 11 is 23.8. The number of amides is 1. The molecule has 0 spiro atoms. The Morgan fingerprint density at radius 3 is 2.17 bits per heavy atom. The summed E-state index contributed by atoms with van der Waals surface area (Å²) < 4.78 is 3.37. The van der Waals surface area contributed by atoms with Gasteiger partial charge < -0.3 is 20.7 Å². The van der Waals surface area contributed by atoms with Crippen LogP contribution in [0.2, 0.25) is 0 Å². The average molecular weight is 489 g/mol. The van der Waals surface area contributed by atoms with Crippen molar-refractivity contribution in [3.05, 3.63) is 59.2 Å². The largest absolute Gasteiger partial charge is 0.496 e. The third kappa shape index (κ3) is 6.38. The van der Waals surface area contributed by atoms with Crippen molar-refractivity contribution in [2.75, 3.05) is 12.4 Å². The molecule has 1 unspecified atom stereocenters. The van der Waals surface area contributed by atoms with Crippen molar-refractivity contribution in [1.82, 2.24) is 10.6 Å². The van der Waals surface area contributed by atoms with Crippen LogP contribution in [-0.4, -0.2) is 28.1 Å². The van der Waals surface area contributed by atoms with Crippen molar-refractivity contribution >= 4 is 63.7 Å². The number of ether oxygens (including phenoxy) is 1. The van der Waals surface area contributed by atoms with Gasteiger partial charge in [-0.1, -0.05) is 79.0 Å². The Bertz CT molecular complexity index is 881. The lowest BCUT2D eigenvalue weighted by atomic mass is 10.0. The van der Waals surface area contributed by atoms with E-state index in [9.17, 15) is 4.79 Å². The summed E-state index contributed by atoms with van der Waals surface area (Å²) in [5.74, 6) is -0.0643. The van der Waals surface area contributed by atoms with Crippen LogP contribution in [0.15, 0.2) is 42.5 Å². The molecule has 0 bridgehead atoms. The summed E-state index contributed by atoms with van der Waals surface area (Å²) in [6, 6.07) is 12.8. The van der Waals surface area contributed by atoms with Crippen LogP contribution in [-0.2, 0) is 12.8 Å². The van der Waals surface area contributed by atoms with Gasteiger partial charge in [-0.05, 0) is 48.3 Å². The van der Waals surface area contributed by atoms with Crippen molar-refractivity contribution in [2.24, 2.45) is 0 Å². The zero-order chi connectivity index (χ0) is 22.3. The number of thiocarbonyl (C=S) groups is 1. The number of nitrogens with one attached hydrogen (secondary N) is 3. The first-order valence-corrected chi connectivity index (χ1v) is 10.9. The fourth-order valence-electron chi connectivity index (χ4n) is 2.92. The molecule has 2 aromatic carbocycles. The first-order chi connectivity index (χ1) is 14.2. The standard InChI is InChI=1S/C21H24Cl3N3O2S/c1-4-13-9-8-10-14(5-2)17(13)25-20(30)27-19(21(22,23)24)26-18(28)15-11-6-7-12-16(15)29-3/h6-12,19H,4-5H2,1-3H3,(H,26,28)(H2,25,27,30). The Labute approximate surface area is 197 Å². The van der Waals surface area contributed by atoms with Crippen LogP contribution in [0.5, 0.6) is 5.75 Å². The average Bonchev–Trinajstić information content (AvgIpc) is 2.72. The molecular formula is C21H24Cl3N3O2S. The lowest BCUT2D eigenvalue weighted by Gasteiger charge is -2.28. The van der Waals surface area contributed by atoms with E-state index in [-0.39, 0.29) is 5.11 Å². The van der Waals surface area contributed by atoms with Gasteiger partial charge in [-0.2, -0.15) is 0 Å². The Morgan fingerprint density at radius 1 is 1.03 bits per heavy atom. The fourth-order valence-corrected chi connectivity index (χ4v) is 3.47. The summed E-state index contributed by atoms with van der Waals surface area (Å²) in [5.41, 5.74) is 3.45. The van der Waals surface area contributed by atoms with Gasteiger partial charge in [0.25, 0.3) is 5.91 Å². The number of aryl methyl sites for hydroxylation is 2. The van der Waals surface area contributed by atoms with E-state index < -0.39 is 15.9 Å². The van der Waals surface area contributed by atoms with E-state index in [4.69, 9.17) is 51.8 Å². The molecular weight excluding hydrogens is 465 g/mol. The number of benzene rings is 2. The molecule has 9 heteroatoms. The molecule has 162 valence electrons. The maximum atomic E-state index is 12.8. The minimum Gasteiger partial charge on any atom is -0.496 e. The summed E-state index contributed by atoms with van der Waals surface area (Å²) in [7, 11) is 1.48. The van der Waals surface area contributed by atoms with Gasteiger partial charge in [0.15, 0.2) is 5.11 Å². The van der Waals surface area contributed by atoms with Gasteiger partial charge in [0.05, 0.1) is 12.7 Å². The number of methoxy groups -OCH3 is 1. The second kappa shape index (κ2) is 11.0. The number of halogens is 3. The molecule has 1 amide bonds. The molecule has 1 atom stereocenters. The SMILES string of the molecule is CCc1cccc(CC)c1NC(=S)NC(NC(=O)c1ccccc1OC)C(Cl)(Cl)Cl. The first-order valence-electron chi connectivity index (χ1n) is 9.40. The second-order valence-corrected chi connectivity index (χ2v) is 9.18. The predicted octanol–water partition coefficient (Wildman–Crippen LogP) is 5.23. The molecule has 0 aliphatic heterocycles. The monoisotopic (exact) mass is 487 g/mol. The van der Waals surface area contributed by atoms with Crippen LogP contribution in [0.25, 0.3) is 0 Å². The van der Waals surface area contributed by atoms with E-state index in [1.165, 1.54) is 7.11 Å². The van der Waals surface area contributed by atoms with E-state index in [0.29, 0.717) is 11.3 Å². The molecule has 0 heterocycles. The van der Waals surface area contributed by atoms with E-state index in [2.05, 4.69) is 29.8 Å². The predicted molar refractivity (Wildman–Crippen MR) is 129 cm³/mol. The molecule has 0 aromatic heterocycles. The molecule has 0 radical (unpaired) electrons. The van der Waals surface area contributed by atoms with Gasteiger partial charge in [-0.15, -0.1) is 0 Å². The first kappa shape index (κ1) is 24.5. The number of alkyl halides is 3. The highest BCUT2D eigenvalue weighted by atomic mass is 35.6. The van der Waals surface area contributed by atoms with Gasteiger partial charge >= 0.3 is 0 Å². The van der Waals surface area contributed by atoms with Crippen LogP contribution in [0.3, 0.4) is 0 Å². The Morgan fingerprint density at radius 2 is 1.63 bits per heavy atom. The van der Waals surface area contributed by atoms with E-state index >= 15 is 0 Å². The Balaban J connectivity index is 2.20. The maximum absolute atomic E-state index is 12.8. The highest BCUT2D eigenvalue weighted by Gasteiger charge is 2.35. The van der Waals surface area contributed by atoms with Crippen LogP contribution >= 0.6 is 47.0 Å². The number of hydrogen-bond donors (Lipinski definition) is 3. The van der Waals surface area contributed by atoms with E-state index in [1.807, 2.05) is 18.2 Å². The Hall–Kier alpha value is -1.73. The number of para-hydroxylation sites is 2. The number of carbonyl (C=O) groups is 1. The molecule has 0 fully saturated rings. The highest BCUT2D eigenvalue weighted by molar-refractivity contribution is 7.80. The molecule has 3 N–H and O–H groups in total. The molecule has 30 heavy (non-hydrogen) atoms. The normalized spacial score (nSPS) is 12.1. The highest BCUT2D eigenvalue weighted by Crippen LogP contribution is 2.30. The van der Waals surface area contributed by atoms with Gasteiger partial charge in [0.1, 0.15) is 11.9 Å². The number of hydrogen-bond acceptors (Lipinski definition) is 3. The van der Waals surface area contributed by atoms with Crippen molar-refractivity contribution in [3.8, 4) is 5.75 Å². The summed E-state index contributed by atoms with van der Waals surface area (Å²) in [4.78, 5) is 12.8. The van der Waals surface area contributed by atoms with Crippen molar-refractivity contribution in [2.45, 2.75) is 36.6 Å². The van der Waals surface area contributed by atoms with Gasteiger partial charge in [0, 0.05) is 5.69 Å². The Kier molecular flexibility index (Phi) is 9.04. The smallest absolute Gasteiger partial charge is 0.256 e. The minimum absolute atomic E-state index is 0.224. The number of carbonyl (C=O) groups excluding carboxylic acids is 1. The van der Waals surface area contributed by atoms with Crippen molar-refractivity contribution in [3.63, 3.8) is 0 Å². The van der Waals surface area contributed by atoms with Crippen LogP contribution in [0.1, 0.15) is 35.3 Å². The zero-order valence-corrected chi connectivity index (χ0v) is 20.0. The quantitative estimate of drug-likeness (QED) is 0.283. The topological polar surface area (TPSA) is 62.4 Å². The molecule has 2 rings (SSSR count). The van der Waals surface area contributed by atoms with Crippen LogP contribution in [0.4, 0.5) is 5.69 Å². The van der Waals surface area contributed by atoms with E-state index in [0.717, 1.165) is 29.7 Å². The molecule has 2 aromatic rings. The van der Waals surface area contributed by atoms with Crippen LogP contribution < -0.4 is 20.7 Å². The van der Waals surface area contributed by atoms with Crippen molar-refractivity contribution in [1.29, 1.82) is 0 Å². The lowest BCUT2D eigenvalue weighted by molar-refractivity contribution is 0.0931. The van der Waals surface area contributed by atoms with Gasteiger partial charge in [0.2, 0.25) is 3.79 Å². The third-order valence-electron chi connectivity index (χ3n) is 4.47. The van der Waals surface area contributed by atoms with Gasteiger partial charge in [-0.3, -0.25) is 4.79 Å². The molecule has 0 aliphatic rings. The van der Waals surface area contributed by atoms with E-state index in [1.54, 1.807) is 24.3 Å². The zero-order valence-electron chi connectivity index (χ0n) is 16.9. The van der Waals surface area contributed by atoms with Gasteiger partial charge in [-0.25, -0.2) is 0 Å². The minimum atomic E-state index is -1.86. The molecule has 0 saturated heterocycles. The number of anilines is 1. The number of rotatable bonds is 7. The molecule has 0 saturated carbocycles. The second-order valence-electron chi connectivity index (χ2n) is 6.41. The lowest BCUT2D eigenvalue weighted by Crippen LogP contribution is -2.56. The summed E-state index contributed by atoms with van der Waals surface area (Å²) in [6.07, 6.45) is 0.577. The van der Waals surface area contributed by atoms with Crippen molar-refractivity contribution < 1.29 is 9.53 Å².